The van der Waals surface area contributed by atoms with E-state index in [1.54, 1.807) is 0 Å². The molecule has 13 atom stereocenters. The molecule has 0 radical (unpaired) electrons. The van der Waals surface area contributed by atoms with Crippen molar-refractivity contribution in [3.8, 4) is 23.0 Å². The van der Waals surface area contributed by atoms with Gasteiger partial charge < -0.3 is 89.0 Å². The molecule has 3 heterocycles. The predicted octanol–water partition coefficient (Wildman–Crippen LogP) is -1.98. The van der Waals surface area contributed by atoms with Crippen LogP contribution in [0, 0.1) is 0 Å². The Morgan fingerprint density at radius 2 is 1.52 bits per heavy atom. The molecule has 56 heavy (non-hydrogen) atoms. The number of hydrogen-bond donors (Lipinski definition) is 10. The van der Waals surface area contributed by atoms with Crippen molar-refractivity contribution in [2.24, 2.45) is 0 Å². The Morgan fingerprint density at radius 3 is 2.16 bits per heavy atom. The third kappa shape index (κ3) is 10.0. The van der Waals surface area contributed by atoms with Crippen molar-refractivity contribution in [1.29, 1.82) is 0 Å². The number of hydrogen-bond acceptors (Lipinski definition) is 20. The van der Waals surface area contributed by atoms with Gasteiger partial charge in [-0.1, -0.05) is 12.1 Å². The number of carbonyl (C=O) groups excluding carboxylic acids is 2. The van der Waals surface area contributed by atoms with Crippen LogP contribution in [0.3, 0.4) is 0 Å². The van der Waals surface area contributed by atoms with Crippen LogP contribution in [0.1, 0.15) is 25.0 Å². The number of benzene rings is 2. The first-order chi connectivity index (χ1) is 26.5. The smallest absolute Gasteiger partial charge is 0.331 e. The molecule has 3 fully saturated rings. The van der Waals surface area contributed by atoms with E-state index in [1.807, 2.05) is 0 Å². The van der Waals surface area contributed by atoms with Crippen molar-refractivity contribution in [2.45, 2.75) is 99.7 Å². The number of esters is 2. The molecule has 10 N–H and O–H groups in total. The predicted molar refractivity (Wildman–Crippen MR) is 183 cm³/mol. The molecule has 0 amide bonds. The molecule has 20 nitrogen and oxygen atoms in total. The van der Waals surface area contributed by atoms with Gasteiger partial charge in [-0.2, -0.15) is 0 Å². The van der Waals surface area contributed by atoms with Crippen molar-refractivity contribution in [2.75, 3.05) is 26.4 Å². The Bertz CT molecular complexity index is 1690. The van der Waals surface area contributed by atoms with Gasteiger partial charge in [0.15, 0.2) is 48.0 Å². The molecule has 310 valence electrons. The second kappa shape index (κ2) is 18.4. The maximum Gasteiger partial charge on any atom is 0.331 e. The number of aliphatic hydroxyl groups is 6. The Labute approximate surface area is 319 Å². The minimum atomic E-state index is -2.18. The Balaban J connectivity index is 1.53. The summed E-state index contributed by atoms with van der Waals surface area (Å²) in [6.07, 6.45) is -17.6. The van der Waals surface area contributed by atoms with E-state index in [0.717, 1.165) is 19.1 Å². The number of aliphatic hydroxyl groups excluding tert-OH is 5. The van der Waals surface area contributed by atoms with E-state index in [4.69, 9.17) is 37.9 Å². The summed E-state index contributed by atoms with van der Waals surface area (Å²) in [4.78, 5) is 25.4. The summed E-state index contributed by atoms with van der Waals surface area (Å²) in [6, 6.07) is 7.77. The van der Waals surface area contributed by atoms with Gasteiger partial charge in [-0.05, 0) is 54.8 Å². The molecule has 3 saturated heterocycles. The van der Waals surface area contributed by atoms with Crippen LogP contribution in [0.25, 0.3) is 6.08 Å². The third-order valence-electron chi connectivity index (χ3n) is 9.39. The molecule has 5 rings (SSSR count). The summed E-state index contributed by atoms with van der Waals surface area (Å²) in [5, 5.41) is 103. The van der Waals surface area contributed by atoms with Crippen LogP contribution in [0.5, 0.6) is 23.0 Å². The summed E-state index contributed by atoms with van der Waals surface area (Å²) >= 11 is 0. The van der Waals surface area contributed by atoms with E-state index in [0.29, 0.717) is 5.56 Å². The fourth-order valence-corrected chi connectivity index (χ4v) is 6.13. The molecule has 0 aliphatic carbocycles. The highest BCUT2D eigenvalue weighted by Crippen LogP contribution is 2.36. The zero-order valence-corrected chi connectivity index (χ0v) is 30.1. The summed E-state index contributed by atoms with van der Waals surface area (Å²) in [6.45, 7) is 0.147. The Kier molecular flexibility index (Phi) is 14.1. The first-order valence-corrected chi connectivity index (χ1v) is 17.5. The second-order valence-electron chi connectivity index (χ2n) is 13.5. The molecule has 0 spiro atoms. The number of ether oxygens (including phenoxy) is 8. The zero-order chi connectivity index (χ0) is 40.9. The average Bonchev–Trinajstić information content (AvgIpc) is 3.45. The van der Waals surface area contributed by atoms with Gasteiger partial charge in [0, 0.05) is 13.0 Å². The molecule has 3 aliphatic heterocycles. The maximum atomic E-state index is 13.4. The highest BCUT2D eigenvalue weighted by molar-refractivity contribution is 5.87. The summed E-state index contributed by atoms with van der Waals surface area (Å²) in [7, 11) is 0. The number of phenols is 4. The molecule has 3 aliphatic rings. The van der Waals surface area contributed by atoms with Crippen LogP contribution in [0.2, 0.25) is 0 Å². The molecule has 0 saturated carbocycles. The normalized spacial score (nSPS) is 34.7. The lowest BCUT2D eigenvalue weighted by Gasteiger charge is -2.48. The van der Waals surface area contributed by atoms with Gasteiger partial charge in [0.05, 0.1) is 25.9 Å². The van der Waals surface area contributed by atoms with Crippen molar-refractivity contribution < 1.29 is 98.5 Å². The van der Waals surface area contributed by atoms with Gasteiger partial charge >= 0.3 is 11.9 Å². The summed E-state index contributed by atoms with van der Waals surface area (Å²) in [5.41, 5.74) is -1.41. The average molecular weight is 799 g/mol. The van der Waals surface area contributed by atoms with Gasteiger partial charge in [0.2, 0.25) is 0 Å². The van der Waals surface area contributed by atoms with E-state index in [9.17, 15) is 60.7 Å². The molecule has 0 unspecified atom stereocenters. The van der Waals surface area contributed by atoms with E-state index < -0.39 is 128 Å². The van der Waals surface area contributed by atoms with Gasteiger partial charge in [-0.3, -0.25) is 4.79 Å². The number of rotatable bonds is 14. The number of phenolic OH excluding ortho intramolecular Hbond substituents is 4. The first-order valence-electron chi connectivity index (χ1n) is 17.5. The lowest BCUT2D eigenvalue weighted by atomic mass is 9.96. The molecule has 20 heteroatoms. The molecular formula is C36H46O20. The third-order valence-corrected chi connectivity index (χ3v) is 9.39. The van der Waals surface area contributed by atoms with Crippen molar-refractivity contribution in [1.82, 2.24) is 0 Å². The van der Waals surface area contributed by atoms with E-state index in [-0.39, 0.29) is 24.3 Å². The van der Waals surface area contributed by atoms with Gasteiger partial charge in [-0.15, -0.1) is 0 Å². The van der Waals surface area contributed by atoms with Crippen LogP contribution in [0.15, 0.2) is 42.5 Å². The monoisotopic (exact) mass is 798 g/mol. The summed E-state index contributed by atoms with van der Waals surface area (Å²) < 4.78 is 46.7. The maximum absolute atomic E-state index is 13.4. The van der Waals surface area contributed by atoms with Gasteiger partial charge in [-0.25, -0.2) is 4.79 Å². The summed E-state index contributed by atoms with van der Waals surface area (Å²) in [5.74, 6) is -3.48. The highest BCUT2D eigenvalue weighted by atomic mass is 16.8. The number of carbonyl (C=O) groups is 2. The van der Waals surface area contributed by atoms with E-state index >= 15 is 0 Å². The second-order valence-corrected chi connectivity index (χ2v) is 13.5. The lowest BCUT2D eigenvalue weighted by Crippen LogP contribution is -2.66. The van der Waals surface area contributed by atoms with Crippen molar-refractivity contribution >= 4 is 18.0 Å². The van der Waals surface area contributed by atoms with Gasteiger partial charge in [0.1, 0.15) is 54.9 Å². The molecule has 0 aromatic heterocycles. The van der Waals surface area contributed by atoms with Crippen LogP contribution < -0.4 is 0 Å². The SMILES string of the molecule is CC(=O)OC[C@H]1O[C@@H](OCCc2ccc(O)c(O)c2)[C@H](O[C@@H]2OC[C@](O)(CO)[C@H]2O)[C@@H](O[C@@H]2O[C@@H](C)[C@H](O)[C@@H](O)[C@H]2O)[C@@H]1OC(=O)/C=C/c1ccc(O)c(O)c1. The molecule has 0 bridgehead atoms. The molecule has 2 aromatic carbocycles. The fraction of sp³-hybridized carbons (Fsp3) is 0.556. The van der Waals surface area contributed by atoms with Crippen LogP contribution in [-0.2, 0) is 53.9 Å². The van der Waals surface area contributed by atoms with Crippen molar-refractivity contribution in [3.05, 3.63) is 53.6 Å². The molecular weight excluding hydrogens is 752 g/mol. The Hall–Kier alpha value is -4.16. The number of aromatic hydroxyl groups is 4. The lowest BCUT2D eigenvalue weighted by molar-refractivity contribution is -0.375. The van der Waals surface area contributed by atoms with Crippen molar-refractivity contribution in [3.63, 3.8) is 0 Å². The van der Waals surface area contributed by atoms with Crippen LogP contribution in [0.4, 0.5) is 0 Å². The van der Waals surface area contributed by atoms with Crippen LogP contribution >= 0.6 is 0 Å². The molecule has 2 aromatic rings. The minimum Gasteiger partial charge on any atom is -0.504 e. The topological polar surface area (TPSA) is 310 Å². The minimum absolute atomic E-state index is 0.0927. The quantitative estimate of drug-likeness (QED) is 0.0562. The standard InChI is InChI=1S/C36H46O20/c1-16-26(44)27(45)28(46)33(52-16)55-30-29(54-25(43)8-5-18-3-6-20(39)22(41)11-18)24(13-50-17(2)38)53-34(49-10-9-19-4-7-21(40)23(42)12-19)31(30)56-35-32(47)36(48,14-37)15-51-35/h3-8,11-12,16,24,26-35,37,39-42,44-48H,9-10,13-15H2,1-2H3/b8-5+/t16-,24+,26-,27+,28+,29+,30-,31+,32-,33-,34+,35-,36+/m0/s1. The first kappa shape index (κ1) is 43.0. The highest BCUT2D eigenvalue weighted by Gasteiger charge is 2.57. The Morgan fingerprint density at radius 1 is 0.839 bits per heavy atom. The van der Waals surface area contributed by atoms with Crippen LogP contribution in [-0.4, -0.2) is 169 Å². The zero-order valence-electron chi connectivity index (χ0n) is 30.1. The van der Waals surface area contributed by atoms with E-state index in [1.165, 1.54) is 43.3 Å². The van der Waals surface area contributed by atoms with E-state index in [2.05, 4.69) is 0 Å². The fourth-order valence-electron chi connectivity index (χ4n) is 6.13. The van der Waals surface area contributed by atoms with Gasteiger partial charge in [0.25, 0.3) is 0 Å². The largest absolute Gasteiger partial charge is 0.504 e.